The molecule has 1 aromatic carbocycles. The maximum Gasteiger partial charge on any atom is 0.0682 e. The first-order chi connectivity index (χ1) is 9.11. The molecule has 19 heavy (non-hydrogen) atoms. The Morgan fingerprint density at radius 1 is 1.32 bits per heavy atom. The molecule has 0 aliphatic heterocycles. The second-order valence-corrected chi connectivity index (χ2v) is 6.34. The number of halogens is 1. The van der Waals surface area contributed by atoms with Gasteiger partial charge in [-0.2, -0.15) is 0 Å². The van der Waals surface area contributed by atoms with Crippen molar-refractivity contribution in [2.24, 2.45) is 5.92 Å². The standard InChI is InChI=1S/C16H24ClNO/c1-12(2)10-18(14-5-3-4-6-14)16-8-7-13(11-19)9-15(16)17/h7-9,12,14,19H,3-6,10-11H2,1-2H3. The van der Waals surface area contributed by atoms with Gasteiger partial charge in [0.2, 0.25) is 0 Å². The van der Waals surface area contributed by atoms with Gasteiger partial charge in [-0.05, 0) is 36.5 Å². The minimum absolute atomic E-state index is 0.0492. The fourth-order valence-corrected chi connectivity index (χ4v) is 3.25. The van der Waals surface area contributed by atoms with Crippen molar-refractivity contribution in [3.05, 3.63) is 28.8 Å². The number of anilines is 1. The zero-order valence-electron chi connectivity index (χ0n) is 11.9. The molecule has 1 saturated carbocycles. The largest absolute Gasteiger partial charge is 0.392 e. The van der Waals surface area contributed by atoms with E-state index < -0.39 is 0 Å². The monoisotopic (exact) mass is 281 g/mol. The maximum absolute atomic E-state index is 9.18. The molecule has 2 rings (SSSR count). The minimum Gasteiger partial charge on any atom is -0.392 e. The zero-order chi connectivity index (χ0) is 13.8. The number of benzene rings is 1. The Hall–Kier alpha value is -0.730. The van der Waals surface area contributed by atoms with Gasteiger partial charge in [-0.25, -0.2) is 0 Å². The topological polar surface area (TPSA) is 23.5 Å². The van der Waals surface area contributed by atoms with Crippen LogP contribution in [-0.4, -0.2) is 17.7 Å². The Kier molecular flexibility index (Phi) is 5.12. The fraction of sp³-hybridized carbons (Fsp3) is 0.625. The number of hydrogen-bond acceptors (Lipinski definition) is 2. The highest BCUT2D eigenvalue weighted by Crippen LogP contribution is 2.34. The van der Waals surface area contributed by atoms with Gasteiger partial charge in [-0.1, -0.05) is 44.4 Å². The molecule has 0 amide bonds. The third-order valence-electron chi connectivity index (χ3n) is 3.83. The fourth-order valence-electron chi connectivity index (χ4n) is 2.94. The molecule has 0 saturated heterocycles. The number of hydrogen-bond donors (Lipinski definition) is 1. The Morgan fingerprint density at radius 2 is 2.00 bits per heavy atom. The van der Waals surface area contributed by atoms with E-state index in [0.717, 1.165) is 22.8 Å². The van der Waals surface area contributed by atoms with E-state index in [1.807, 2.05) is 12.1 Å². The molecular formula is C16H24ClNO. The van der Waals surface area contributed by atoms with Crippen molar-refractivity contribution in [1.29, 1.82) is 0 Å². The van der Waals surface area contributed by atoms with E-state index in [4.69, 9.17) is 11.6 Å². The highest BCUT2D eigenvalue weighted by Gasteiger charge is 2.24. The summed E-state index contributed by atoms with van der Waals surface area (Å²) in [6.45, 7) is 5.59. The Bertz CT molecular complexity index is 413. The van der Waals surface area contributed by atoms with Gasteiger partial charge >= 0.3 is 0 Å². The van der Waals surface area contributed by atoms with E-state index in [-0.39, 0.29) is 6.61 Å². The highest BCUT2D eigenvalue weighted by molar-refractivity contribution is 6.33. The molecule has 1 fully saturated rings. The van der Waals surface area contributed by atoms with Crippen LogP contribution in [0.2, 0.25) is 5.02 Å². The summed E-state index contributed by atoms with van der Waals surface area (Å²) in [5.74, 6) is 0.620. The summed E-state index contributed by atoms with van der Waals surface area (Å²) in [7, 11) is 0. The van der Waals surface area contributed by atoms with Crippen LogP contribution in [0, 0.1) is 5.92 Å². The lowest BCUT2D eigenvalue weighted by Crippen LogP contribution is -2.36. The first-order valence-electron chi connectivity index (χ1n) is 7.27. The van der Waals surface area contributed by atoms with Crippen LogP contribution in [0.1, 0.15) is 45.1 Å². The lowest BCUT2D eigenvalue weighted by Gasteiger charge is -2.33. The summed E-state index contributed by atoms with van der Waals surface area (Å²) >= 11 is 6.41. The summed E-state index contributed by atoms with van der Waals surface area (Å²) in [5.41, 5.74) is 2.00. The normalized spacial score (nSPS) is 16.3. The van der Waals surface area contributed by atoms with Gasteiger partial charge in [0.25, 0.3) is 0 Å². The van der Waals surface area contributed by atoms with Crippen LogP contribution in [0.5, 0.6) is 0 Å². The minimum atomic E-state index is 0.0492. The third-order valence-corrected chi connectivity index (χ3v) is 4.13. The number of nitrogens with zero attached hydrogens (tertiary/aromatic N) is 1. The lowest BCUT2D eigenvalue weighted by molar-refractivity contribution is 0.282. The van der Waals surface area contributed by atoms with Crippen molar-refractivity contribution in [1.82, 2.24) is 0 Å². The third kappa shape index (κ3) is 3.64. The highest BCUT2D eigenvalue weighted by atomic mass is 35.5. The second-order valence-electron chi connectivity index (χ2n) is 5.93. The molecule has 1 aliphatic rings. The van der Waals surface area contributed by atoms with E-state index in [1.54, 1.807) is 0 Å². The summed E-state index contributed by atoms with van der Waals surface area (Å²) in [6, 6.07) is 6.55. The molecule has 0 aromatic heterocycles. The Balaban J connectivity index is 2.26. The summed E-state index contributed by atoms with van der Waals surface area (Å²) in [6.07, 6.45) is 5.19. The van der Waals surface area contributed by atoms with Gasteiger partial charge in [0.05, 0.1) is 17.3 Å². The zero-order valence-corrected chi connectivity index (χ0v) is 12.7. The van der Waals surface area contributed by atoms with Gasteiger partial charge in [0.1, 0.15) is 0 Å². The predicted octanol–water partition coefficient (Wildman–Crippen LogP) is 4.24. The molecule has 1 aromatic rings. The Morgan fingerprint density at radius 3 is 2.53 bits per heavy atom. The molecule has 0 spiro atoms. The van der Waals surface area contributed by atoms with E-state index >= 15 is 0 Å². The Labute approximate surface area is 121 Å². The summed E-state index contributed by atoms with van der Waals surface area (Å²) < 4.78 is 0. The van der Waals surface area contributed by atoms with Crippen molar-refractivity contribution in [3.8, 4) is 0 Å². The molecule has 0 unspecified atom stereocenters. The van der Waals surface area contributed by atoms with Gasteiger partial charge in [-0.3, -0.25) is 0 Å². The predicted molar refractivity (Wildman–Crippen MR) is 81.8 cm³/mol. The van der Waals surface area contributed by atoms with Crippen LogP contribution in [0.15, 0.2) is 18.2 Å². The smallest absolute Gasteiger partial charge is 0.0682 e. The summed E-state index contributed by atoms with van der Waals surface area (Å²) in [5, 5.41) is 9.94. The number of aliphatic hydroxyl groups is 1. The van der Waals surface area contributed by atoms with Crippen molar-refractivity contribution in [2.75, 3.05) is 11.4 Å². The molecule has 1 aliphatic carbocycles. The van der Waals surface area contributed by atoms with Crippen LogP contribution in [0.25, 0.3) is 0 Å². The van der Waals surface area contributed by atoms with Crippen molar-refractivity contribution in [3.63, 3.8) is 0 Å². The van der Waals surface area contributed by atoms with E-state index in [2.05, 4.69) is 24.8 Å². The molecule has 0 heterocycles. The molecule has 1 N–H and O–H groups in total. The SMILES string of the molecule is CC(C)CN(c1ccc(CO)cc1Cl)C1CCCC1. The van der Waals surface area contributed by atoms with Crippen LogP contribution >= 0.6 is 11.6 Å². The molecular weight excluding hydrogens is 258 g/mol. The molecule has 2 nitrogen and oxygen atoms in total. The van der Waals surface area contributed by atoms with Crippen molar-refractivity contribution in [2.45, 2.75) is 52.2 Å². The lowest BCUT2D eigenvalue weighted by atomic mass is 10.1. The van der Waals surface area contributed by atoms with Crippen LogP contribution in [-0.2, 0) is 6.61 Å². The first-order valence-corrected chi connectivity index (χ1v) is 7.65. The van der Waals surface area contributed by atoms with Crippen molar-refractivity contribution >= 4 is 17.3 Å². The average molecular weight is 282 g/mol. The second kappa shape index (κ2) is 6.62. The molecule has 0 atom stereocenters. The van der Waals surface area contributed by atoms with Gasteiger partial charge in [0.15, 0.2) is 0 Å². The molecule has 0 bridgehead atoms. The van der Waals surface area contributed by atoms with Crippen LogP contribution in [0.3, 0.4) is 0 Å². The van der Waals surface area contributed by atoms with E-state index in [1.165, 1.54) is 25.7 Å². The van der Waals surface area contributed by atoms with Crippen molar-refractivity contribution < 1.29 is 5.11 Å². The van der Waals surface area contributed by atoms with Crippen LogP contribution in [0.4, 0.5) is 5.69 Å². The van der Waals surface area contributed by atoms with E-state index in [0.29, 0.717) is 12.0 Å². The molecule has 0 radical (unpaired) electrons. The summed E-state index contributed by atoms with van der Waals surface area (Å²) in [4.78, 5) is 2.47. The van der Waals surface area contributed by atoms with Gasteiger partial charge < -0.3 is 10.0 Å². The van der Waals surface area contributed by atoms with E-state index in [9.17, 15) is 5.11 Å². The number of rotatable bonds is 5. The quantitative estimate of drug-likeness (QED) is 0.873. The maximum atomic E-state index is 9.18. The van der Waals surface area contributed by atoms with Crippen LogP contribution < -0.4 is 4.90 Å². The molecule has 106 valence electrons. The van der Waals surface area contributed by atoms with Gasteiger partial charge in [0, 0.05) is 12.6 Å². The number of aliphatic hydroxyl groups excluding tert-OH is 1. The first kappa shape index (κ1) is 14.7. The van der Waals surface area contributed by atoms with Gasteiger partial charge in [-0.15, -0.1) is 0 Å². The average Bonchev–Trinajstić information content (AvgIpc) is 2.89. The molecule has 3 heteroatoms.